The maximum Gasteiger partial charge on any atom is 0.222 e. The molecule has 1 rings (SSSR count). The first kappa shape index (κ1) is 19.0. The van der Waals surface area contributed by atoms with Gasteiger partial charge in [0.2, 0.25) is 5.91 Å². The second-order valence-corrected chi connectivity index (χ2v) is 6.75. The molecule has 0 fully saturated rings. The van der Waals surface area contributed by atoms with E-state index >= 15 is 0 Å². The smallest absolute Gasteiger partial charge is 0.222 e. The maximum atomic E-state index is 12.0. The molecule has 0 aliphatic rings. The van der Waals surface area contributed by atoms with Gasteiger partial charge >= 0.3 is 0 Å². The van der Waals surface area contributed by atoms with Crippen molar-refractivity contribution in [2.45, 2.75) is 39.2 Å². The van der Waals surface area contributed by atoms with Crippen LogP contribution in [0.3, 0.4) is 0 Å². The Balaban J connectivity index is 2.21. The summed E-state index contributed by atoms with van der Waals surface area (Å²) in [5, 5.41) is 0. The van der Waals surface area contributed by atoms with E-state index in [0.717, 1.165) is 16.6 Å². The molecule has 1 atom stereocenters. The van der Waals surface area contributed by atoms with Gasteiger partial charge in [-0.25, -0.2) is 0 Å². The average molecular weight is 371 g/mol. The topological polar surface area (TPSA) is 55.6 Å². The summed E-state index contributed by atoms with van der Waals surface area (Å²) in [6, 6.07) is 7.86. The number of carbonyl (C=O) groups excluding carboxylic acids is 1. The van der Waals surface area contributed by atoms with Gasteiger partial charge in [0, 0.05) is 26.1 Å². The van der Waals surface area contributed by atoms with Gasteiger partial charge in [-0.3, -0.25) is 4.79 Å². The van der Waals surface area contributed by atoms with Gasteiger partial charge in [0.25, 0.3) is 0 Å². The van der Waals surface area contributed by atoms with Crippen molar-refractivity contribution < 1.29 is 9.53 Å². The molecule has 1 aromatic rings. The van der Waals surface area contributed by atoms with Gasteiger partial charge in [-0.2, -0.15) is 0 Å². The molecule has 1 aromatic carbocycles. The molecule has 4 nitrogen and oxygen atoms in total. The molecule has 0 aliphatic heterocycles. The molecular formula is C17H27BrN2O2. The molecule has 0 saturated carbocycles. The second kappa shape index (κ2) is 9.85. The first-order chi connectivity index (χ1) is 10.4. The van der Waals surface area contributed by atoms with Crippen molar-refractivity contribution >= 4 is 21.8 Å². The Hall–Kier alpha value is -1.07. The minimum atomic E-state index is 0.145. The standard InChI is InChI=1S/C17H27BrN2O2/c1-13(2)15(19)10-11-20(3)17(21)9-6-12-22-16-8-5-4-7-14(16)18/h4-5,7-8,13,15H,6,9-12,19H2,1-3H3. The number of halogens is 1. The number of ether oxygens (including phenoxy) is 1. The first-order valence-corrected chi connectivity index (χ1v) is 8.58. The van der Waals surface area contributed by atoms with E-state index in [4.69, 9.17) is 10.5 Å². The van der Waals surface area contributed by atoms with Gasteiger partial charge < -0.3 is 15.4 Å². The van der Waals surface area contributed by atoms with E-state index in [-0.39, 0.29) is 11.9 Å². The molecule has 0 heterocycles. The summed E-state index contributed by atoms with van der Waals surface area (Å²) >= 11 is 3.43. The van der Waals surface area contributed by atoms with Crippen molar-refractivity contribution in [2.24, 2.45) is 11.7 Å². The lowest BCUT2D eigenvalue weighted by atomic mass is 10.0. The minimum Gasteiger partial charge on any atom is -0.492 e. The zero-order valence-corrected chi connectivity index (χ0v) is 15.3. The summed E-state index contributed by atoms with van der Waals surface area (Å²) < 4.78 is 6.59. The number of hydrogen-bond donors (Lipinski definition) is 1. The van der Waals surface area contributed by atoms with E-state index in [1.807, 2.05) is 31.3 Å². The van der Waals surface area contributed by atoms with Crippen LogP contribution < -0.4 is 10.5 Å². The van der Waals surface area contributed by atoms with Crippen molar-refractivity contribution in [3.05, 3.63) is 28.7 Å². The van der Waals surface area contributed by atoms with Crippen LogP contribution in [0.15, 0.2) is 28.7 Å². The molecule has 1 amide bonds. The Morgan fingerprint density at radius 1 is 1.36 bits per heavy atom. The van der Waals surface area contributed by atoms with Gasteiger partial charge in [0.15, 0.2) is 0 Å². The van der Waals surface area contributed by atoms with Crippen LogP contribution in [0, 0.1) is 5.92 Å². The first-order valence-electron chi connectivity index (χ1n) is 7.78. The summed E-state index contributed by atoms with van der Waals surface area (Å²) in [6.07, 6.45) is 2.05. The fourth-order valence-electron chi connectivity index (χ4n) is 1.96. The van der Waals surface area contributed by atoms with Crippen LogP contribution in [0.2, 0.25) is 0 Å². The Kier molecular flexibility index (Phi) is 8.49. The Labute approximate surface area is 142 Å². The zero-order valence-electron chi connectivity index (χ0n) is 13.7. The number of carbonyl (C=O) groups is 1. The SMILES string of the molecule is CC(C)C(N)CCN(C)C(=O)CCCOc1ccccc1Br. The number of para-hydroxylation sites is 1. The van der Waals surface area contributed by atoms with Crippen LogP contribution in [-0.2, 0) is 4.79 Å². The summed E-state index contributed by atoms with van der Waals surface area (Å²) in [5.41, 5.74) is 6.00. The third kappa shape index (κ3) is 6.79. The van der Waals surface area contributed by atoms with Crippen LogP contribution in [0.1, 0.15) is 33.1 Å². The third-order valence-electron chi connectivity index (χ3n) is 3.71. The highest BCUT2D eigenvalue weighted by molar-refractivity contribution is 9.10. The minimum absolute atomic E-state index is 0.145. The maximum absolute atomic E-state index is 12.0. The van der Waals surface area contributed by atoms with E-state index < -0.39 is 0 Å². The van der Waals surface area contributed by atoms with E-state index in [2.05, 4.69) is 29.8 Å². The number of benzene rings is 1. The highest BCUT2D eigenvalue weighted by Gasteiger charge is 2.12. The molecule has 0 radical (unpaired) electrons. The normalized spacial score (nSPS) is 12.3. The Morgan fingerprint density at radius 3 is 2.68 bits per heavy atom. The predicted octanol–water partition coefficient (Wildman–Crippen LogP) is 3.44. The van der Waals surface area contributed by atoms with Crippen LogP contribution in [-0.4, -0.2) is 37.0 Å². The quantitative estimate of drug-likeness (QED) is 0.677. The summed E-state index contributed by atoms with van der Waals surface area (Å²) in [7, 11) is 1.84. The predicted molar refractivity (Wildman–Crippen MR) is 93.9 cm³/mol. The molecule has 5 heteroatoms. The van der Waals surface area contributed by atoms with Gasteiger partial charge in [-0.05, 0) is 46.8 Å². The summed E-state index contributed by atoms with van der Waals surface area (Å²) in [6.45, 7) is 5.45. The highest BCUT2D eigenvalue weighted by atomic mass is 79.9. The molecule has 0 aromatic heterocycles. The molecule has 2 N–H and O–H groups in total. The van der Waals surface area contributed by atoms with Gasteiger partial charge in [-0.15, -0.1) is 0 Å². The molecule has 22 heavy (non-hydrogen) atoms. The van der Waals surface area contributed by atoms with E-state index in [1.54, 1.807) is 4.90 Å². The summed E-state index contributed by atoms with van der Waals surface area (Å²) in [5.74, 6) is 1.40. The monoisotopic (exact) mass is 370 g/mol. The van der Waals surface area contributed by atoms with Crippen molar-refractivity contribution in [1.82, 2.24) is 4.90 Å². The lowest BCUT2D eigenvalue weighted by Crippen LogP contribution is -2.34. The number of amides is 1. The average Bonchev–Trinajstić information content (AvgIpc) is 2.49. The van der Waals surface area contributed by atoms with E-state index in [9.17, 15) is 4.79 Å². The number of nitrogens with two attached hydrogens (primary N) is 1. The van der Waals surface area contributed by atoms with Gasteiger partial charge in [0.05, 0.1) is 11.1 Å². The van der Waals surface area contributed by atoms with Crippen molar-refractivity contribution in [1.29, 1.82) is 0 Å². The molecule has 0 spiro atoms. The van der Waals surface area contributed by atoms with Crippen molar-refractivity contribution in [2.75, 3.05) is 20.2 Å². The molecule has 0 aliphatic carbocycles. The summed E-state index contributed by atoms with van der Waals surface area (Å²) in [4.78, 5) is 13.8. The van der Waals surface area contributed by atoms with Crippen LogP contribution in [0.5, 0.6) is 5.75 Å². The Morgan fingerprint density at radius 2 is 2.05 bits per heavy atom. The third-order valence-corrected chi connectivity index (χ3v) is 4.36. The molecule has 0 saturated heterocycles. The Bertz CT molecular complexity index is 466. The largest absolute Gasteiger partial charge is 0.492 e. The molecular weight excluding hydrogens is 344 g/mol. The van der Waals surface area contributed by atoms with Crippen LogP contribution in [0.4, 0.5) is 0 Å². The highest BCUT2D eigenvalue weighted by Crippen LogP contribution is 2.23. The molecule has 124 valence electrons. The van der Waals surface area contributed by atoms with Crippen molar-refractivity contribution in [3.8, 4) is 5.75 Å². The number of rotatable bonds is 9. The fraction of sp³-hybridized carbons (Fsp3) is 0.588. The van der Waals surface area contributed by atoms with Gasteiger partial charge in [-0.1, -0.05) is 26.0 Å². The lowest BCUT2D eigenvalue weighted by molar-refractivity contribution is -0.130. The second-order valence-electron chi connectivity index (χ2n) is 5.89. The molecule has 0 bridgehead atoms. The van der Waals surface area contributed by atoms with Crippen LogP contribution in [0.25, 0.3) is 0 Å². The lowest BCUT2D eigenvalue weighted by Gasteiger charge is -2.21. The molecule has 1 unspecified atom stereocenters. The fourth-order valence-corrected chi connectivity index (χ4v) is 2.36. The van der Waals surface area contributed by atoms with Gasteiger partial charge in [0.1, 0.15) is 5.75 Å². The van der Waals surface area contributed by atoms with Crippen LogP contribution >= 0.6 is 15.9 Å². The zero-order chi connectivity index (χ0) is 16.5. The number of hydrogen-bond acceptors (Lipinski definition) is 3. The number of nitrogens with zero attached hydrogens (tertiary/aromatic N) is 1. The van der Waals surface area contributed by atoms with Crippen molar-refractivity contribution in [3.63, 3.8) is 0 Å². The van der Waals surface area contributed by atoms with E-state index in [1.165, 1.54) is 0 Å². The van der Waals surface area contributed by atoms with E-state index in [0.29, 0.717) is 31.9 Å².